The standard InChI is InChI=1S/C27H35F6NO5/c1-8-25(7,23(38)39-14-20(35)13-17(4)26(28,29)30)15-24(5,6)22(37)34(16(2)3)21(36)18-9-11-19(12-10-18)27(31,32)33/h9-12,16-17H,8,13-15H2,1-7H3. The zero-order valence-corrected chi connectivity index (χ0v) is 23.0. The Bertz CT molecular complexity index is 1050. The molecule has 0 bridgehead atoms. The molecule has 0 saturated carbocycles. The molecule has 12 heteroatoms. The summed E-state index contributed by atoms with van der Waals surface area (Å²) in [5.74, 6) is -5.20. The van der Waals surface area contributed by atoms with Crippen molar-refractivity contribution in [2.45, 2.75) is 86.1 Å². The molecule has 0 aromatic heterocycles. The number of rotatable bonds is 11. The van der Waals surface area contributed by atoms with Gasteiger partial charge >= 0.3 is 18.3 Å². The van der Waals surface area contributed by atoms with Crippen LogP contribution < -0.4 is 0 Å². The van der Waals surface area contributed by atoms with Gasteiger partial charge in [0.2, 0.25) is 5.91 Å². The lowest BCUT2D eigenvalue weighted by Gasteiger charge is -2.38. The molecular formula is C27H35F6NO5. The molecule has 2 unspecified atom stereocenters. The Morgan fingerprint density at radius 1 is 0.897 bits per heavy atom. The molecule has 1 aromatic rings. The van der Waals surface area contributed by atoms with E-state index in [-0.39, 0.29) is 18.4 Å². The van der Waals surface area contributed by atoms with Crippen LogP contribution in [0.5, 0.6) is 0 Å². The number of ketones is 1. The van der Waals surface area contributed by atoms with Crippen LogP contribution in [0.15, 0.2) is 24.3 Å². The second kappa shape index (κ2) is 12.5. The van der Waals surface area contributed by atoms with E-state index in [1.165, 1.54) is 20.8 Å². The van der Waals surface area contributed by atoms with Crippen LogP contribution in [0.1, 0.15) is 83.7 Å². The number of amides is 2. The van der Waals surface area contributed by atoms with Crippen molar-refractivity contribution in [3.05, 3.63) is 35.4 Å². The van der Waals surface area contributed by atoms with Gasteiger partial charge in [0.25, 0.3) is 5.91 Å². The minimum absolute atomic E-state index is 0.134. The first kappa shape index (κ1) is 34.1. The quantitative estimate of drug-likeness (QED) is 0.222. The Balaban J connectivity index is 3.08. The molecule has 1 aromatic carbocycles. The topological polar surface area (TPSA) is 80.8 Å². The van der Waals surface area contributed by atoms with Crippen LogP contribution in [-0.2, 0) is 25.3 Å². The van der Waals surface area contributed by atoms with E-state index in [1.54, 1.807) is 20.8 Å². The minimum Gasteiger partial charge on any atom is -0.457 e. The van der Waals surface area contributed by atoms with E-state index in [4.69, 9.17) is 4.74 Å². The molecule has 6 nitrogen and oxygen atoms in total. The van der Waals surface area contributed by atoms with E-state index in [0.29, 0.717) is 0 Å². The number of benzene rings is 1. The maximum atomic E-state index is 13.6. The van der Waals surface area contributed by atoms with Gasteiger partial charge in [-0.25, -0.2) is 0 Å². The van der Waals surface area contributed by atoms with Crippen LogP contribution in [0, 0.1) is 16.7 Å². The van der Waals surface area contributed by atoms with Gasteiger partial charge in [0.1, 0.15) is 6.61 Å². The number of halogens is 6. The highest BCUT2D eigenvalue weighted by molar-refractivity contribution is 6.06. The third kappa shape index (κ3) is 9.06. The monoisotopic (exact) mass is 567 g/mol. The van der Waals surface area contributed by atoms with Crippen molar-refractivity contribution in [3.63, 3.8) is 0 Å². The van der Waals surface area contributed by atoms with Crippen molar-refractivity contribution in [2.75, 3.05) is 6.61 Å². The number of carbonyl (C=O) groups is 4. The summed E-state index contributed by atoms with van der Waals surface area (Å²) in [4.78, 5) is 52.4. The van der Waals surface area contributed by atoms with Gasteiger partial charge < -0.3 is 4.74 Å². The molecule has 220 valence electrons. The Kier molecular flexibility index (Phi) is 10.9. The van der Waals surface area contributed by atoms with Gasteiger partial charge in [-0.2, -0.15) is 26.3 Å². The van der Waals surface area contributed by atoms with Crippen LogP contribution in [0.4, 0.5) is 26.3 Å². The van der Waals surface area contributed by atoms with Crippen molar-refractivity contribution >= 4 is 23.6 Å². The lowest BCUT2D eigenvalue weighted by molar-refractivity contribution is -0.175. The Labute approximate surface area is 224 Å². The van der Waals surface area contributed by atoms with Gasteiger partial charge in [0, 0.05) is 23.4 Å². The van der Waals surface area contributed by atoms with E-state index in [9.17, 15) is 45.5 Å². The number of alkyl halides is 6. The number of imide groups is 1. The first-order chi connectivity index (χ1) is 17.6. The number of Topliss-reactive ketones (excluding diaryl/α,β-unsaturated/α-hetero) is 1. The van der Waals surface area contributed by atoms with Gasteiger partial charge in [0.15, 0.2) is 5.78 Å². The fourth-order valence-electron chi connectivity index (χ4n) is 4.06. The fourth-order valence-corrected chi connectivity index (χ4v) is 4.06. The van der Waals surface area contributed by atoms with Crippen LogP contribution in [0.2, 0.25) is 0 Å². The molecule has 0 saturated heterocycles. The normalized spacial score (nSPS) is 14.9. The average molecular weight is 568 g/mol. The summed E-state index contributed by atoms with van der Waals surface area (Å²) < 4.78 is 81.8. The Morgan fingerprint density at radius 2 is 1.41 bits per heavy atom. The van der Waals surface area contributed by atoms with Gasteiger partial charge in [0.05, 0.1) is 16.9 Å². The summed E-state index contributed by atoms with van der Waals surface area (Å²) in [5.41, 5.74) is -3.78. The molecular weight excluding hydrogens is 532 g/mol. The molecule has 0 aliphatic heterocycles. The zero-order chi connectivity index (χ0) is 30.6. The van der Waals surface area contributed by atoms with E-state index in [2.05, 4.69) is 0 Å². The summed E-state index contributed by atoms with van der Waals surface area (Å²) in [6.07, 6.45) is -10.0. The van der Waals surface area contributed by atoms with Crippen molar-refractivity contribution in [2.24, 2.45) is 16.7 Å². The maximum absolute atomic E-state index is 13.6. The van der Waals surface area contributed by atoms with Gasteiger partial charge in [-0.05, 0) is 57.9 Å². The van der Waals surface area contributed by atoms with E-state index < -0.39 is 77.3 Å². The average Bonchev–Trinajstić information content (AvgIpc) is 2.80. The van der Waals surface area contributed by atoms with Crippen LogP contribution in [0.3, 0.4) is 0 Å². The van der Waals surface area contributed by atoms with E-state index in [0.717, 1.165) is 36.1 Å². The highest BCUT2D eigenvalue weighted by atomic mass is 19.4. The molecule has 2 amide bonds. The minimum atomic E-state index is -4.60. The Hall–Kier alpha value is -2.92. The van der Waals surface area contributed by atoms with Gasteiger partial charge in [-0.1, -0.05) is 27.7 Å². The van der Waals surface area contributed by atoms with Crippen molar-refractivity contribution in [3.8, 4) is 0 Å². The SMILES string of the molecule is CCC(C)(CC(C)(C)C(=O)N(C(=O)c1ccc(C(F)(F)F)cc1)C(C)C)C(=O)OCC(=O)CC(C)C(F)(F)F. The number of nitrogens with zero attached hydrogens (tertiary/aromatic N) is 1. The first-order valence-corrected chi connectivity index (χ1v) is 12.4. The summed E-state index contributed by atoms with van der Waals surface area (Å²) >= 11 is 0. The molecule has 0 aliphatic carbocycles. The molecule has 0 spiro atoms. The van der Waals surface area contributed by atoms with Crippen LogP contribution >= 0.6 is 0 Å². The molecule has 0 N–H and O–H groups in total. The third-order valence-electron chi connectivity index (χ3n) is 6.55. The third-order valence-corrected chi connectivity index (χ3v) is 6.55. The number of hydrogen-bond acceptors (Lipinski definition) is 5. The lowest BCUT2D eigenvalue weighted by Crippen LogP contribution is -2.50. The van der Waals surface area contributed by atoms with E-state index in [1.807, 2.05) is 0 Å². The Morgan fingerprint density at radius 3 is 1.82 bits per heavy atom. The predicted octanol–water partition coefficient (Wildman–Crippen LogP) is 6.62. The zero-order valence-electron chi connectivity index (χ0n) is 23.0. The van der Waals surface area contributed by atoms with Gasteiger partial charge in [-0.15, -0.1) is 0 Å². The molecule has 0 aliphatic rings. The second-order valence-corrected chi connectivity index (χ2v) is 10.9. The van der Waals surface area contributed by atoms with Crippen molar-refractivity contribution in [1.82, 2.24) is 4.90 Å². The first-order valence-electron chi connectivity index (χ1n) is 12.4. The molecule has 39 heavy (non-hydrogen) atoms. The highest BCUT2D eigenvalue weighted by Crippen LogP contribution is 2.40. The van der Waals surface area contributed by atoms with Crippen molar-refractivity contribution in [1.29, 1.82) is 0 Å². The summed E-state index contributed by atoms with van der Waals surface area (Å²) in [6.45, 7) is 9.18. The fraction of sp³-hybridized carbons (Fsp3) is 0.630. The largest absolute Gasteiger partial charge is 0.457 e. The molecule has 2 atom stereocenters. The highest BCUT2D eigenvalue weighted by Gasteiger charge is 2.45. The second-order valence-electron chi connectivity index (χ2n) is 10.9. The summed E-state index contributed by atoms with van der Waals surface area (Å²) in [5, 5.41) is 0. The van der Waals surface area contributed by atoms with Crippen LogP contribution in [-0.4, -0.2) is 47.3 Å². The predicted molar refractivity (Wildman–Crippen MR) is 130 cm³/mol. The maximum Gasteiger partial charge on any atom is 0.416 e. The van der Waals surface area contributed by atoms with Crippen molar-refractivity contribution < 1.29 is 50.3 Å². The summed E-state index contributed by atoms with van der Waals surface area (Å²) in [6, 6.07) is 2.75. The molecule has 0 radical (unpaired) electrons. The smallest absolute Gasteiger partial charge is 0.416 e. The number of esters is 1. The molecule has 1 rings (SSSR count). The number of carbonyl (C=O) groups excluding carboxylic acids is 4. The molecule has 0 heterocycles. The molecule has 0 fully saturated rings. The number of hydrogen-bond donors (Lipinski definition) is 0. The number of ether oxygens (including phenoxy) is 1. The summed E-state index contributed by atoms with van der Waals surface area (Å²) in [7, 11) is 0. The lowest BCUT2D eigenvalue weighted by atomic mass is 9.71. The van der Waals surface area contributed by atoms with Crippen LogP contribution in [0.25, 0.3) is 0 Å². The van der Waals surface area contributed by atoms with Gasteiger partial charge in [-0.3, -0.25) is 24.1 Å². The van der Waals surface area contributed by atoms with E-state index >= 15 is 0 Å².